The molecular formula is C22H22N4O3S. The smallest absolute Gasteiger partial charge is 0.227 e. The Labute approximate surface area is 179 Å². The van der Waals surface area contributed by atoms with Crippen molar-refractivity contribution >= 4 is 35.0 Å². The van der Waals surface area contributed by atoms with Gasteiger partial charge in [0.1, 0.15) is 12.4 Å². The minimum atomic E-state index is -0.186. The third-order valence-electron chi connectivity index (χ3n) is 4.72. The molecule has 0 saturated carbocycles. The average molecular weight is 423 g/mol. The Hall–Kier alpha value is -3.26. The summed E-state index contributed by atoms with van der Waals surface area (Å²) in [4.78, 5) is 31.9. The molecule has 4 rings (SSSR count). The monoisotopic (exact) mass is 422 g/mol. The fourth-order valence-corrected chi connectivity index (χ4v) is 3.97. The summed E-state index contributed by atoms with van der Waals surface area (Å²) in [5.41, 5.74) is 1.46. The fraction of sp³-hybridized carbons (Fsp3) is 0.227. The number of anilines is 2. The molecule has 2 heterocycles. The van der Waals surface area contributed by atoms with Crippen molar-refractivity contribution in [2.45, 2.75) is 22.9 Å². The molecule has 2 amide bonds. The zero-order valence-corrected chi connectivity index (χ0v) is 17.4. The van der Waals surface area contributed by atoms with E-state index in [1.807, 2.05) is 66.3 Å². The molecule has 0 radical (unpaired) electrons. The number of carbonyl (C=O) groups is 2. The highest BCUT2D eigenvalue weighted by Crippen LogP contribution is 2.31. The van der Waals surface area contributed by atoms with Gasteiger partial charge in [0, 0.05) is 42.9 Å². The van der Waals surface area contributed by atoms with Gasteiger partial charge in [-0.1, -0.05) is 23.9 Å². The lowest BCUT2D eigenvalue weighted by atomic mass is 10.2. The molecule has 0 bridgehead atoms. The molecule has 0 spiro atoms. The number of para-hydroxylation sites is 2. The molecule has 1 aliphatic rings. The molecule has 3 aromatic rings. The van der Waals surface area contributed by atoms with E-state index in [9.17, 15) is 9.59 Å². The molecule has 154 valence electrons. The minimum Gasteiger partial charge on any atom is -0.490 e. The molecule has 1 aliphatic heterocycles. The first-order valence-corrected chi connectivity index (χ1v) is 10.5. The molecule has 0 saturated heterocycles. The van der Waals surface area contributed by atoms with E-state index in [1.54, 1.807) is 22.9 Å². The van der Waals surface area contributed by atoms with Gasteiger partial charge in [-0.15, -0.1) is 0 Å². The summed E-state index contributed by atoms with van der Waals surface area (Å²) in [6, 6.07) is 15.0. The highest BCUT2D eigenvalue weighted by atomic mass is 32.2. The Bertz CT molecular complexity index is 1050. The van der Waals surface area contributed by atoms with Gasteiger partial charge in [0.05, 0.1) is 12.2 Å². The molecule has 2 aromatic carbocycles. The first kappa shape index (κ1) is 20.0. The van der Waals surface area contributed by atoms with E-state index in [1.165, 1.54) is 0 Å². The third kappa shape index (κ3) is 4.65. The summed E-state index contributed by atoms with van der Waals surface area (Å²) < 4.78 is 7.53. The average Bonchev–Trinajstić information content (AvgIpc) is 3.17. The van der Waals surface area contributed by atoms with Gasteiger partial charge in [-0.2, -0.15) is 0 Å². The van der Waals surface area contributed by atoms with E-state index in [2.05, 4.69) is 10.3 Å². The van der Waals surface area contributed by atoms with Gasteiger partial charge < -0.3 is 19.5 Å². The Morgan fingerprint density at radius 3 is 2.70 bits per heavy atom. The lowest BCUT2D eigenvalue weighted by molar-refractivity contribution is -0.122. The second-order valence-corrected chi connectivity index (χ2v) is 7.90. The Morgan fingerprint density at radius 2 is 1.93 bits per heavy atom. The largest absolute Gasteiger partial charge is 0.490 e. The number of hydrogen-bond acceptors (Lipinski definition) is 5. The van der Waals surface area contributed by atoms with Crippen LogP contribution < -0.4 is 15.0 Å². The van der Waals surface area contributed by atoms with Gasteiger partial charge in [0.15, 0.2) is 5.16 Å². The van der Waals surface area contributed by atoms with Gasteiger partial charge in [0.2, 0.25) is 11.8 Å². The first-order chi connectivity index (χ1) is 14.6. The van der Waals surface area contributed by atoms with Crippen LogP contribution in [-0.4, -0.2) is 34.5 Å². The number of imidazole rings is 1. The number of carbonyl (C=O) groups excluding carboxylic acids is 2. The number of hydrogen-bond donors (Lipinski definition) is 1. The molecule has 0 fully saturated rings. The number of benzene rings is 2. The molecule has 7 nitrogen and oxygen atoms in total. The number of nitrogens with one attached hydrogen (secondary N) is 1. The number of aryl methyl sites for hydroxylation is 1. The SMILES string of the molecule is Cn1ccnc1Sc1ccc(NC(=O)CCC(=O)N2CCOc3ccccc32)cc1. The van der Waals surface area contributed by atoms with Crippen molar-refractivity contribution in [3.05, 3.63) is 60.9 Å². The van der Waals surface area contributed by atoms with E-state index in [0.29, 0.717) is 24.6 Å². The van der Waals surface area contributed by atoms with Crippen molar-refractivity contribution in [1.29, 1.82) is 0 Å². The molecular weight excluding hydrogens is 400 g/mol. The molecule has 8 heteroatoms. The summed E-state index contributed by atoms with van der Waals surface area (Å²) in [6.07, 6.45) is 3.93. The zero-order chi connectivity index (χ0) is 20.9. The number of rotatable bonds is 6. The maximum Gasteiger partial charge on any atom is 0.227 e. The van der Waals surface area contributed by atoms with E-state index >= 15 is 0 Å². The standard InChI is InChI=1S/C22H22N4O3S/c1-25-13-12-23-22(25)30-17-8-6-16(7-9-17)24-20(27)10-11-21(28)26-14-15-29-19-5-3-2-4-18(19)26/h2-9,12-13H,10-11,14-15H2,1H3,(H,24,27). The van der Waals surface area contributed by atoms with Crippen LogP contribution in [0.15, 0.2) is 71.0 Å². The molecule has 0 atom stereocenters. The van der Waals surface area contributed by atoms with Gasteiger partial charge >= 0.3 is 0 Å². The van der Waals surface area contributed by atoms with Gasteiger partial charge in [0.25, 0.3) is 0 Å². The van der Waals surface area contributed by atoms with Crippen LogP contribution in [0.25, 0.3) is 0 Å². The first-order valence-electron chi connectivity index (χ1n) is 9.67. The van der Waals surface area contributed by atoms with Gasteiger partial charge in [-0.3, -0.25) is 9.59 Å². The number of ether oxygens (including phenoxy) is 1. The van der Waals surface area contributed by atoms with Crippen LogP contribution in [0.1, 0.15) is 12.8 Å². The second kappa shape index (κ2) is 9.04. The predicted octanol–water partition coefficient (Wildman–Crippen LogP) is 3.72. The summed E-state index contributed by atoms with van der Waals surface area (Å²) >= 11 is 1.55. The topological polar surface area (TPSA) is 76.5 Å². The van der Waals surface area contributed by atoms with Crippen LogP contribution in [0.3, 0.4) is 0 Å². The maximum absolute atomic E-state index is 12.6. The fourth-order valence-electron chi connectivity index (χ4n) is 3.17. The number of amides is 2. The maximum atomic E-state index is 12.6. The summed E-state index contributed by atoms with van der Waals surface area (Å²) in [7, 11) is 1.95. The van der Waals surface area contributed by atoms with Crippen molar-refractivity contribution in [3.63, 3.8) is 0 Å². The van der Waals surface area contributed by atoms with E-state index < -0.39 is 0 Å². The molecule has 1 N–H and O–H groups in total. The van der Waals surface area contributed by atoms with Crippen LogP contribution in [-0.2, 0) is 16.6 Å². The highest BCUT2D eigenvalue weighted by molar-refractivity contribution is 7.99. The zero-order valence-electron chi connectivity index (χ0n) is 16.6. The Morgan fingerprint density at radius 1 is 1.13 bits per heavy atom. The quantitative estimate of drug-likeness (QED) is 0.655. The summed E-state index contributed by atoms with van der Waals surface area (Å²) in [5, 5.41) is 3.75. The molecule has 0 unspecified atom stereocenters. The van der Waals surface area contributed by atoms with Crippen LogP contribution in [0.2, 0.25) is 0 Å². The van der Waals surface area contributed by atoms with Crippen LogP contribution in [0.4, 0.5) is 11.4 Å². The van der Waals surface area contributed by atoms with Crippen molar-refractivity contribution in [3.8, 4) is 5.75 Å². The normalized spacial score (nSPS) is 12.8. The van der Waals surface area contributed by atoms with Crippen molar-refractivity contribution in [2.75, 3.05) is 23.4 Å². The van der Waals surface area contributed by atoms with E-state index in [4.69, 9.17) is 4.74 Å². The minimum absolute atomic E-state index is 0.0808. The third-order valence-corrected chi connectivity index (χ3v) is 5.80. The number of aromatic nitrogens is 2. The lowest BCUT2D eigenvalue weighted by Crippen LogP contribution is -2.38. The number of nitrogens with zero attached hydrogens (tertiary/aromatic N) is 3. The van der Waals surface area contributed by atoms with Gasteiger partial charge in [-0.25, -0.2) is 4.98 Å². The molecule has 0 aliphatic carbocycles. The van der Waals surface area contributed by atoms with Crippen LogP contribution in [0.5, 0.6) is 5.75 Å². The molecule has 30 heavy (non-hydrogen) atoms. The number of fused-ring (bicyclic) bond motifs is 1. The Kier molecular flexibility index (Phi) is 6.04. The van der Waals surface area contributed by atoms with Crippen LogP contribution in [0, 0.1) is 0 Å². The van der Waals surface area contributed by atoms with E-state index in [-0.39, 0.29) is 24.7 Å². The van der Waals surface area contributed by atoms with E-state index in [0.717, 1.165) is 15.7 Å². The lowest BCUT2D eigenvalue weighted by Gasteiger charge is -2.29. The van der Waals surface area contributed by atoms with Crippen molar-refractivity contribution in [2.24, 2.45) is 7.05 Å². The van der Waals surface area contributed by atoms with Gasteiger partial charge in [-0.05, 0) is 36.4 Å². The van der Waals surface area contributed by atoms with Crippen molar-refractivity contribution < 1.29 is 14.3 Å². The Balaban J connectivity index is 1.29. The summed E-state index contributed by atoms with van der Waals surface area (Å²) in [5.74, 6) is 0.433. The van der Waals surface area contributed by atoms with Crippen LogP contribution >= 0.6 is 11.8 Å². The highest BCUT2D eigenvalue weighted by Gasteiger charge is 2.23. The summed E-state index contributed by atoms with van der Waals surface area (Å²) in [6.45, 7) is 0.949. The van der Waals surface area contributed by atoms with Crippen molar-refractivity contribution in [1.82, 2.24) is 9.55 Å². The second-order valence-electron chi connectivity index (χ2n) is 6.86. The predicted molar refractivity (Wildman–Crippen MR) is 116 cm³/mol. The molecule has 1 aromatic heterocycles.